The van der Waals surface area contributed by atoms with E-state index in [0.29, 0.717) is 54.8 Å². The number of ether oxygens (including phenoxy) is 1. The molecule has 1 N–H and O–H groups in total. The van der Waals surface area contributed by atoms with E-state index in [1.807, 2.05) is 12.1 Å². The first-order valence-electron chi connectivity index (χ1n) is 20.3. The first-order valence-corrected chi connectivity index (χ1v) is 21.8. The summed E-state index contributed by atoms with van der Waals surface area (Å²) >= 11 is 23.5. The Hall–Kier alpha value is -4.56. The molecule has 3 amide bonds. The molecular formula is C42H43Cl4F6N7O6. The van der Waals surface area contributed by atoms with Crippen LogP contribution in [0.3, 0.4) is 0 Å². The number of likely N-dealkylation sites (tertiary alicyclic amines) is 2. The number of carboxylic acids is 1. The molecule has 23 heteroatoms. The van der Waals surface area contributed by atoms with Crippen LogP contribution in [0.5, 0.6) is 0 Å². The summed E-state index contributed by atoms with van der Waals surface area (Å²) in [5.41, 5.74) is -2.89. The van der Waals surface area contributed by atoms with Crippen molar-refractivity contribution in [3.8, 4) is 0 Å². The predicted molar refractivity (Wildman–Crippen MR) is 227 cm³/mol. The fourth-order valence-corrected chi connectivity index (χ4v) is 9.05. The minimum absolute atomic E-state index is 0.0141. The summed E-state index contributed by atoms with van der Waals surface area (Å²) in [6.07, 6.45) is -8.34. The standard InChI is InChI=1S/C23H25Cl2F3N4O3.C19H18Cl2F3N3O3/c1-15-19(25)20(23(26,27)28)29-32(15)14-18(33)30-8-6-22(7-9-30,16-2-4-17(24)5-3-16)21(34)31-10-12-35-13-11-31;1-11-15(21)16(19(22,23)24)25-27(11)10-14(28)26-8-6-18(7-9-26,17(29)30)12-2-4-13(20)5-3-12/h2-5H,6-14H2,1H3;2-5H,6-10H2,1H3,(H,29,30). The Morgan fingerprint density at radius 3 is 1.29 bits per heavy atom. The van der Waals surface area contributed by atoms with Crippen LogP contribution < -0.4 is 0 Å². The number of halogens is 10. The Kier molecular flexibility index (Phi) is 15.1. The Bertz CT molecular complexity index is 2390. The SMILES string of the molecule is Cc1c(Cl)c(C(F)(F)F)nn1CC(=O)N1CCC(C(=O)N2CCOCC2)(c2ccc(Cl)cc2)CC1.Cc1c(Cl)c(C(F)(F)F)nn1CC(=O)N1CCC(C(=O)O)(c2ccc(Cl)cc2)CC1. The van der Waals surface area contributed by atoms with Crippen LogP contribution in [-0.2, 0) is 60.2 Å². The summed E-state index contributed by atoms with van der Waals surface area (Å²) in [5, 5.41) is 16.8. The van der Waals surface area contributed by atoms with Crippen LogP contribution in [0.25, 0.3) is 0 Å². The average molecular weight is 998 g/mol. The summed E-state index contributed by atoms with van der Waals surface area (Å²) < 4.78 is 85.6. The molecule has 0 unspecified atom stereocenters. The van der Waals surface area contributed by atoms with Gasteiger partial charge < -0.3 is 24.5 Å². The number of piperidine rings is 2. The molecule has 3 aliphatic rings. The van der Waals surface area contributed by atoms with E-state index in [9.17, 15) is 50.6 Å². The number of hydrogen-bond acceptors (Lipinski definition) is 7. The van der Waals surface area contributed by atoms with Gasteiger partial charge in [-0.3, -0.25) is 28.5 Å². The van der Waals surface area contributed by atoms with Crippen molar-refractivity contribution in [2.75, 3.05) is 52.5 Å². The number of carbonyl (C=O) groups excluding carboxylic acids is 3. The second kappa shape index (κ2) is 19.7. The van der Waals surface area contributed by atoms with Gasteiger partial charge in [-0.05, 0) is 74.9 Å². The number of alkyl halides is 6. The maximum atomic E-state index is 13.7. The number of carboxylic acid groups (broad SMARTS) is 1. The van der Waals surface area contributed by atoms with Gasteiger partial charge in [-0.1, -0.05) is 70.7 Å². The van der Waals surface area contributed by atoms with Gasteiger partial charge in [-0.25, -0.2) is 0 Å². The Balaban J connectivity index is 0.000000218. The molecule has 65 heavy (non-hydrogen) atoms. The van der Waals surface area contributed by atoms with Crippen molar-refractivity contribution in [2.45, 2.75) is 75.8 Å². The topological polar surface area (TPSA) is 143 Å². The van der Waals surface area contributed by atoms with Crippen LogP contribution in [0.2, 0.25) is 20.1 Å². The lowest BCUT2D eigenvalue weighted by molar-refractivity contribution is -0.148. The average Bonchev–Trinajstić information content (AvgIpc) is 3.73. The number of morpholine rings is 1. The van der Waals surface area contributed by atoms with Crippen LogP contribution in [0.1, 0.15) is 59.6 Å². The van der Waals surface area contributed by atoms with E-state index in [1.165, 1.54) is 18.7 Å². The summed E-state index contributed by atoms with van der Waals surface area (Å²) in [5.74, 6) is -1.85. The minimum atomic E-state index is -4.72. The number of carbonyl (C=O) groups is 4. The Labute approximate surface area is 389 Å². The van der Waals surface area contributed by atoms with Gasteiger partial charge >= 0.3 is 18.3 Å². The van der Waals surface area contributed by atoms with Gasteiger partial charge in [0.1, 0.15) is 13.1 Å². The number of nitrogens with zero attached hydrogens (tertiary/aromatic N) is 7. The lowest BCUT2D eigenvalue weighted by atomic mass is 9.71. The van der Waals surface area contributed by atoms with Gasteiger partial charge in [-0.15, -0.1) is 0 Å². The van der Waals surface area contributed by atoms with E-state index in [4.69, 9.17) is 51.1 Å². The monoisotopic (exact) mass is 995 g/mol. The third kappa shape index (κ3) is 10.7. The van der Waals surface area contributed by atoms with Gasteiger partial charge in [0.2, 0.25) is 17.7 Å². The first kappa shape index (κ1) is 49.9. The lowest BCUT2D eigenvalue weighted by Gasteiger charge is -2.44. The zero-order valence-electron chi connectivity index (χ0n) is 34.9. The number of rotatable bonds is 8. The zero-order chi connectivity index (χ0) is 47.6. The Morgan fingerprint density at radius 2 is 0.954 bits per heavy atom. The molecule has 5 heterocycles. The van der Waals surface area contributed by atoms with E-state index in [1.54, 1.807) is 46.2 Å². The van der Waals surface area contributed by atoms with E-state index in [0.717, 1.165) is 14.9 Å². The fourth-order valence-electron chi connectivity index (χ4n) is 8.31. The molecule has 0 aliphatic carbocycles. The van der Waals surface area contributed by atoms with E-state index >= 15 is 0 Å². The predicted octanol–water partition coefficient (Wildman–Crippen LogP) is 8.10. The number of benzene rings is 2. The van der Waals surface area contributed by atoms with Gasteiger partial charge in [0.25, 0.3) is 0 Å². The molecule has 0 bridgehead atoms. The van der Waals surface area contributed by atoms with E-state index in [-0.39, 0.29) is 68.8 Å². The second-order valence-electron chi connectivity index (χ2n) is 16.0. The zero-order valence-corrected chi connectivity index (χ0v) is 37.9. The molecular weight excluding hydrogens is 954 g/mol. The highest BCUT2D eigenvalue weighted by atomic mass is 35.5. The van der Waals surface area contributed by atoms with E-state index in [2.05, 4.69) is 10.2 Å². The molecule has 352 valence electrons. The van der Waals surface area contributed by atoms with Crippen molar-refractivity contribution >= 4 is 70.1 Å². The summed E-state index contributed by atoms with van der Waals surface area (Å²) in [7, 11) is 0. The quantitative estimate of drug-likeness (QED) is 0.175. The molecule has 2 aromatic carbocycles. The van der Waals surface area contributed by atoms with Crippen molar-refractivity contribution in [3.63, 3.8) is 0 Å². The maximum Gasteiger partial charge on any atom is 0.436 e. The largest absolute Gasteiger partial charge is 0.481 e. The maximum absolute atomic E-state index is 13.7. The van der Waals surface area contributed by atoms with E-state index < -0.39 is 63.0 Å². The van der Waals surface area contributed by atoms with Crippen LogP contribution >= 0.6 is 46.4 Å². The summed E-state index contributed by atoms with van der Waals surface area (Å²) in [6, 6.07) is 13.7. The second-order valence-corrected chi connectivity index (χ2v) is 17.6. The third-order valence-corrected chi connectivity index (χ3v) is 13.6. The first-order chi connectivity index (χ1) is 30.5. The number of hydrogen-bond donors (Lipinski definition) is 1. The number of aliphatic carboxylic acids is 1. The molecule has 3 aliphatic heterocycles. The molecule has 0 saturated carbocycles. The lowest BCUT2D eigenvalue weighted by Crippen LogP contribution is -2.56. The molecule has 0 radical (unpaired) electrons. The molecule has 0 atom stereocenters. The molecule has 13 nitrogen and oxygen atoms in total. The minimum Gasteiger partial charge on any atom is -0.481 e. The van der Waals surface area contributed by atoms with Gasteiger partial charge in [0.05, 0.1) is 45.5 Å². The van der Waals surface area contributed by atoms with Gasteiger partial charge in [-0.2, -0.15) is 36.5 Å². The van der Waals surface area contributed by atoms with Crippen LogP contribution in [0.15, 0.2) is 48.5 Å². The molecule has 7 rings (SSSR count). The summed E-state index contributed by atoms with van der Waals surface area (Å²) in [4.78, 5) is 56.1. The molecule has 4 aromatic rings. The number of amides is 3. The van der Waals surface area contributed by atoms with Gasteiger partial charge in [0, 0.05) is 49.3 Å². The smallest absolute Gasteiger partial charge is 0.436 e. The highest BCUT2D eigenvalue weighted by Gasteiger charge is 2.47. The normalized spacial score (nSPS) is 17.6. The van der Waals surface area contributed by atoms with Crippen LogP contribution in [0, 0.1) is 13.8 Å². The highest BCUT2D eigenvalue weighted by molar-refractivity contribution is 6.32. The molecule has 3 fully saturated rings. The molecule has 0 spiro atoms. The van der Waals surface area contributed by atoms with Crippen molar-refractivity contribution < 1.29 is 55.4 Å². The van der Waals surface area contributed by atoms with Crippen molar-refractivity contribution in [1.29, 1.82) is 0 Å². The van der Waals surface area contributed by atoms with Crippen molar-refractivity contribution in [2.24, 2.45) is 0 Å². The van der Waals surface area contributed by atoms with Crippen LogP contribution in [-0.4, -0.2) is 116 Å². The number of aromatic nitrogens is 4. The Morgan fingerprint density at radius 1 is 0.600 bits per heavy atom. The molecule has 2 aromatic heterocycles. The van der Waals surface area contributed by atoms with Crippen molar-refractivity contribution in [1.82, 2.24) is 34.3 Å². The molecule has 3 saturated heterocycles. The van der Waals surface area contributed by atoms with Crippen LogP contribution in [0.4, 0.5) is 26.3 Å². The fraction of sp³-hybridized carbons (Fsp3) is 0.476. The van der Waals surface area contributed by atoms with Gasteiger partial charge in [0.15, 0.2) is 11.4 Å². The highest BCUT2D eigenvalue weighted by Crippen LogP contribution is 2.41. The van der Waals surface area contributed by atoms with Crippen molar-refractivity contribution in [3.05, 3.63) is 103 Å². The third-order valence-electron chi connectivity index (χ3n) is 12.2. The summed E-state index contributed by atoms with van der Waals surface area (Å²) in [6.45, 7) is 4.74.